The highest BCUT2D eigenvalue weighted by Crippen LogP contribution is 2.26. The second-order valence-corrected chi connectivity index (χ2v) is 6.07. The summed E-state index contributed by atoms with van der Waals surface area (Å²) in [6.07, 6.45) is -0.525. The van der Waals surface area contributed by atoms with Crippen LogP contribution in [-0.2, 0) is 4.74 Å². The van der Waals surface area contributed by atoms with Crippen molar-refractivity contribution in [3.8, 4) is 0 Å². The normalized spacial score (nSPS) is 10.7. The van der Waals surface area contributed by atoms with E-state index in [1.807, 2.05) is 52.8 Å². The number of carbonyl (C=O) groups is 1. The van der Waals surface area contributed by atoms with Crippen molar-refractivity contribution in [1.82, 2.24) is 5.43 Å². The van der Waals surface area contributed by atoms with Crippen LogP contribution in [0.2, 0.25) is 0 Å². The number of benzene rings is 1. The highest BCUT2D eigenvalue weighted by Gasteiger charge is 2.15. The number of hydrazine groups is 1. The van der Waals surface area contributed by atoms with Crippen LogP contribution >= 0.6 is 0 Å². The average molecular weight is 288 g/mol. The summed E-state index contributed by atoms with van der Waals surface area (Å²) in [6.45, 7) is 17.3. The van der Waals surface area contributed by atoms with Gasteiger partial charge in [0.25, 0.3) is 0 Å². The van der Waals surface area contributed by atoms with Crippen molar-refractivity contribution in [2.45, 2.75) is 40.2 Å². The first-order chi connectivity index (χ1) is 9.60. The lowest BCUT2D eigenvalue weighted by atomic mass is 9.97. The topological polar surface area (TPSA) is 50.4 Å². The maximum Gasteiger partial charge on any atom is 0.426 e. The van der Waals surface area contributed by atoms with Crippen LogP contribution in [0.25, 0.3) is 11.1 Å². The Labute approximate surface area is 126 Å². The zero-order chi connectivity index (χ0) is 16.2. The number of amides is 1. The van der Waals surface area contributed by atoms with Crippen molar-refractivity contribution in [3.05, 3.63) is 42.5 Å². The molecule has 114 valence electrons. The Morgan fingerprint density at radius 1 is 1.10 bits per heavy atom. The number of carbonyl (C=O) groups excluding carboxylic acids is 1. The highest BCUT2D eigenvalue weighted by atomic mass is 16.6. The fraction of sp³-hybridized carbons (Fsp3) is 0.353. The molecule has 1 aromatic carbocycles. The van der Waals surface area contributed by atoms with Gasteiger partial charge in [-0.05, 0) is 57.9 Å². The van der Waals surface area contributed by atoms with Crippen LogP contribution < -0.4 is 10.9 Å². The summed E-state index contributed by atoms with van der Waals surface area (Å²) >= 11 is 0. The summed E-state index contributed by atoms with van der Waals surface area (Å²) in [7, 11) is 0. The van der Waals surface area contributed by atoms with E-state index in [4.69, 9.17) is 4.74 Å². The minimum atomic E-state index is -0.529. The molecule has 0 aliphatic carbocycles. The molecule has 0 saturated carbocycles. The number of rotatable bonds is 4. The Morgan fingerprint density at radius 3 is 2.14 bits per heavy atom. The summed E-state index contributed by atoms with van der Waals surface area (Å²) in [5.74, 6) is 0. The quantitative estimate of drug-likeness (QED) is 0.796. The van der Waals surface area contributed by atoms with Gasteiger partial charge in [0, 0.05) is 0 Å². The molecule has 0 radical (unpaired) electrons. The molecule has 0 unspecified atom stereocenters. The van der Waals surface area contributed by atoms with Crippen LogP contribution in [0.5, 0.6) is 0 Å². The Bertz CT molecular complexity index is 569. The summed E-state index contributed by atoms with van der Waals surface area (Å²) < 4.78 is 5.15. The Kier molecular flexibility index (Phi) is 5.19. The first-order valence-corrected chi connectivity index (χ1v) is 6.81. The fourth-order valence-corrected chi connectivity index (χ4v) is 1.77. The second kappa shape index (κ2) is 6.48. The van der Waals surface area contributed by atoms with Crippen molar-refractivity contribution in [3.63, 3.8) is 0 Å². The number of hydrogen-bond acceptors (Lipinski definition) is 3. The van der Waals surface area contributed by atoms with Crippen LogP contribution in [0.4, 0.5) is 10.5 Å². The number of nitrogens with one attached hydrogen (secondary N) is 2. The van der Waals surface area contributed by atoms with Crippen LogP contribution in [0.15, 0.2) is 31.4 Å². The van der Waals surface area contributed by atoms with E-state index >= 15 is 0 Å². The van der Waals surface area contributed by atoms with Gasteiger partial charge in [-0.15, -0.1) is 0 Å². The fourth-order valence-electron chi connectivity index (χ4n) is 1.77. The first kappa shape index (κ1) is 16.8. The van der Waals surface area contributed by atoms with E-state index in [9.17, 15) is 4.79 Å². The van der Waals surface area contributed by atoms with E-state index in [0.717, 1.165) is 28.0 Å². The first-order valence-electron chi connectivity index (χ1n) is 6.81. The smallest absolute Gasteiger partial charge is 0.426 e. The van der Waals surface area contributed by atoms with E-state index in [0.29, 0.717) is 0 Å². The van der Waals surface area contributed by atoms with Gasteiger partial charge >= 0.3 is 6.09 Å². The predicted octanol–water partition coefficient (Wildman–Crippen LogP) is 4.60. The number of hydrogen-bond donors (Lipinski definition) is 2. The standard InChI is InChI=1S/C17H24N2O2/c1-11(2)14-9-8-13(10-15(14)12(3)4)18-19-16(20)21-17(5,6)7/h8-10,18H,1,3H2,2,4-7H3,(H,19,20). The molecule has 0 aromatic heterocycles. The molecule has 0 bridgehead atoms. The van der Waals surface area contributed by atoms with E-state index in [-0.39, 0.29) is 0 Å². The molecule has 4 heteroatoms. The van der Waals surface area contributed by atoms with Crippen molar-refractivity contribution in [2.75, 3.05) is 5.43 Å². The van der Waals surface area contributed by atoms with Crippen LogP contribution in [0, 0.1) is 0 Å². The average Bonchev–Trinajstić information content (AvgIpc) is 2.33. The molecule has 0 spiro atoms. The molecule has 21 heavy (non-hydrogen) atoms. The van der Waals surface area contributed by atoms with Crippen molar-refractivity contribution >= 4 is 22.9 Å². The number of ether oxygens (including phenoxy) is 1. The van der Waals surface area contributed by atoms with E-state index in [2.05, 4.69) is 24.0 Å². The van der Waals surface area contributed by atoms with E-state index in [1.165, 1.54) is 0 Å². The molecule has 2 N–H and O–H groups in total. The third kappa shape index (κ3) is 5.34. The molecular weight excluding hydrogens is 264 g/mol. The summed E-state index contributed by atoms with van der Waals surface area (Å²) in [5.41, 5.74) is 9.52. The SMILES string of the molecule is C=C(C)c1ccc(NNC(=O)OC(C)(C)C)cc1C(=C)C. The van der Waals surface area contributed by atoms with Gasteiger partial charge in [-0.25, -0.2) is 10.2 Å². The molecule has 4 nitrogen and oxygen atoms in total. The summed E-state index contributed by atoms with van der Waals surface area (Å²) in [4.78, 5) is 11.6. The monoisotopic (exact) mass is 288 g/mol. The lowest BCUT2D eigenvalue weighted by Gasteiger charge is -2.20. The van der Waals surface area contributed by atoms with Crippen molar-refractivity contribution in [1.29, 1.82) is 0 Å². The highest BCUT2D eigenvalue weighted by molar-refractivity contribution is 5.79. The zero-order valence-corrected chi connectivity index (χ0v) is 13.5. The van der Waals surface area contributed by atoms with Crippen molar-refractivity contribution < 1.29 is 9.53 Å². The van der Waals surface area contributed by atoms with Crippen LogP contribution in [0.1, 0.15) is 45.7 Å². The molecule has 0 heterocycles. The Hall–Kier alpha value is -2.23. The molecule has 0 saturated heterocycles. The zero-order valence-electron chi connectivity index (χ0n) is 13.5. The van der Waals surface area contributed by atoms with Gasteiger partial charge in [0.2, 0.25) is 0 Å². The lowest BCUT2D eigenvalue weighted by molar-refractivity contribution is 0.0541. The van der Waals surface area contributed by atoms with Crippen LogP contribution in [0.3, 0.4) is 0 Å². The lowest BCUT2D eigenvalue weighted by Crippen LogP contribution is -2.35. The maximum atomic E-state index is 11.6. The number of anilines is 1. The van der Waals surface area contributed by atoms with Gasteiger partial charge in [-0.3, -0.25) is 5.43 Å². The van der Waals surface area contributed by atoms with Gasteiger partial charge in [0.1, 0.15) is 5.60 Å². The minimum Gasteiger partial charge on any atom is -0.443 e. The molecule has 1 amide bonds. The van der Waals surface area contributed by atoms with E-state index < -0.39 is 11.7 Å². The third-order valence-electron chi connectivity index (χ3n) is 2.65. The van der Waals surface area contributed by atoms with Gasteiger partial charge in [-0.2, -0.15) is 0 Å². The van der Waals surface area contributed by atoms with Gasteiger partial charge in [0.15, 0.2) is 0 Å². The summed E-state index contributed by atoms with van der Waals surface area (Å²) in [6, 6.07) is 5.74. The molecule has 0 aliphatic rings. The largest absolute Gasteiger partial charge is 0.443 e. The van der Waals surface area contributed by atoms with Gasteiger partial charge in [-0.1, -0.05) is 30.4 Å². The molecule has 1 aromatic rings. The Morgan fingerprint density at radius 2 is 1.67 bits per heavy atom. The second-order valence-electron chi connectivity index (χ2n) is 6.07. The van der Waals surface area contributed by atoms with E-state index in [1.54, 1.807) is 0 Å². The Balaban J connectivity index is 2.82. The minimum absolute atomic E-state index is 0.525. The number of allylic oxidation sites excluding steroid dienone is 2. The molecule has 1 rings (SSSR count). The predicted molar refractivity (Wildman–Crippen MR) is 88.9 cm³/mol. The maximum absolute atomic E-state index is 11.6. The molecule has 0 aliphatic heterocycles. The molecular formula is C17H24N2O2. The van der Waals surface area contributed by atoms with Crippen molar-refractivity contribution in [2.24, 2.45) is 0 Å². The summed E-state index contributed by atoms with van der Waals surface area (Å²) in [5, 5.41) is 0. The third-order valence-corrected chi connectivity index (χ3v) is 2.65. The van der Waals surface area contributed by atoms with Gasteiger partial charge < -0.3 is 4.74 Å². The van der Waals surface area contributed by atoms with Gasteiger partial charge in [0.05, 0.1) is 5.69 Å². The molecule has 0 fully saturated rings. The molecule has 0 atom stereocenters. The van der Waals surface area contributed by atoms with Crippen LogP contribution in [-0.4, -0.2) is 11.7 Å².